The van der Waals surface area contributed by atoms with Gasteiger partial charge in [0, 0.05) is 0 Å². The van der Waals surface area contributed by atoms with Gasteiger partial charge in [-0.15, -0.1) is 0 Å². The summed E-state index contributed by atoms with van der Waals surface area (Å²) in [5.41, 5.74) is 7.93. The van der Waals surface area contributed by atoms with E-state index >= 15 is 0 Å². The number of halogens is 1. The minimum absolute atomic E-state index is 0.188. The molecule has 0 aromatic heterocycles. The van der Waals surface area contributed by atoms with Gasteiger partial charge >= 0.3 is 0 Å². The van der Waals surface area contributed by atoms with Crippen LogP contribution in [0, 0.1) is 12.7 Å². The summed E-state index contributed by atoms with van der Waals surface area (Å²) in [6.45, 7) is 8.91. The third kappa shape index (κ3) is 4.10. The maximum atomic E-state index is 13.2. The predicted octanol–water partition coefficient (Wildman–Crippen LogP) is 7.17. The van der Waals surface area contributed by atoms with E-state index in [0.717, 1.165) is 24.0 Å². The van der Waals surface area contributed by atoms with Crippen LogP contribution in [0.5, 0.6) is 0 Å². The minimum atomic E-state index is -0.188. The van der Waals surface area contributed by atoms with Crippen molar-refractivity contribution in [1.29, 1.82) is 0 Å². The van der Waals surface area contributed by atoms with E-state index in [0.29, 0.717) is 0 Å². The molecule has 0 fully saturated rings. The molecule has 0 spiro atoms. The van der Waals surface area contributed by atoms with Gasteiger partial charge in [0.05, 0.1) is 0 Å². The van der Waals surface area contributed by atoms with E-state index in [2.05, 4.69) is 45.9 Å². The summed E-state index contributed by atoms with van der Waals surface area (Å²) in [6, 6.07) is 13.3. The van der Waals surface area contributed by atoms with Crippen molar-refractivity contribution >= 4 is 5.57 Å². The predicted molar refractivity (Wildman–Crippen MR) is 99.0 cm³/mol. The molecule has 2 rings (SSSR count). The molecule has 0 nitrogen and oxygen atoms in total. The first-order valence-corrected chi connectivity index (χ1v) is 8.68. The quantitative estimate of drug-likeness (QED) is 0.530. The molecule has 0 atom stereocenters. The summed E-state index contributed by atoms with van der Waals surface area (Å²) in [7, 11) is 0. The fourth-order valence-corrected chi connectivity index (χ4v) is 3.24. The van der Waals surface area contributed by atoms with Crippen molar-refractivity contribution in [3.8, 4) is 11.1 Å². The summed E-state index contributed by atoms with van der Waals surface area (Å²) in [5, 5.41) is 0. The second kappa shape index (κ2) is 8.10. The van der Waals surface area contributed by atoms with E-state index in [1.165, 1.54) is 41.7 Å². The monoisotopic (exact) mass is 310 g/mol. The van der Waals surface area contributed by atoms with Crippen molar-refractivity contribution in [2.75, 3.05) is 0 Å². The molecule has 0 aliphatic heterocycles. The lowest BCUT2D eigenvalue weighted by molar-refractivity contribution is 0.628. The Morgan fingerprint density at radius 2 is 1.52 bits per heavy atom. The molecule has 1 heteroatoms. The molecule has 0 radical (unpaired) electrons. The summed E-state index contributed by atoms with van der Waals surface area (Å²) < 4.78 is 13.2. The highest BCUT2D eigenvalue weighted by atomic mass is 19.1. The molecule has 0 saturated carbocycles. The molecule has 0 saturated heterocycles. The van der Waals surface area contributed by atoms with Crippen LogP contribution in [-0.2, 0) is 0 Å². The normalized spacial score (nSPS) is 12.2. The van der Waals surface area contributed by atoms with Crippen LogP contribution in [0.3, 0.4) is 0 Å². The topological polar surface area (TPSA) is 0 Å². The Morgan fingerprint density at radius 3 is 2.09 bits per heavy atom. The third-order valence-electron chi connectivity index (χ3n) is 4.50. The maximum absolute atomic E-state index is 13.2. The van der Waals surface area contributed by atoms with Crippen molar-refractivity contribution in [3.63, 3.8) is 0 Å². The summed E-state index contributed by atoms with van der Waals surface area (Å²) in [5.74, 6) is -0.188. The zero-order valence-electron chi connectivity index (χ0n) is 14.7. The Kier molecular flexibility index (Phi) is 6.15. The van der Waals surface area contributed by atoms with Gasteiger partial charge in [0.1, 0.15) is 5.82 Å². The minimum Gasteiger partial charge on any atom is -0.207 e. The lowest BCUT2D eigenvalue weighted by atomic mass is 9.89. The first-order valence-electron chi connectivity index (χ1n) is 8.68. The summed E-state index contributed by atoms with van der Waals surface area (Å²) in [6.07, 6.45) is 4.51. The van der Waals surface area contributed by atoms with E-state index in [4.69, 9.17) is 0 Å². The number of benzene rings is 2. The molecule has 2 aromatic carbocycles. The SMILES string of the molecule is CCC/C(CC)=C(\CC)c1cc(-c2ccc(F)cc2)ccc1C. The molecule has 2 aromatic rings. The van der Waals surface area contributed by atoms with Gasteiger partial charge in [-0.1, -0.05) is 57.0 Å². The van der Waals surface area contributed by atoms with Crippen LogP contribution in [0.4, 0.5) is 4.39 Å². The molecule has 122 valence electrons. The highest BCUT2D eigenvalue weighted by Gasteiger charge is 2.10. The average Bonchev–Trinajstić information content (AvgIpc) is 2.57. The van der Waals surface area contributed by atoms with Gasteiger partial charge in [0.25, 0.3) is 0 Å². The van der Waals surface area contributed by atoms with Crippen molar-refractivity contribution < 1.29 is 4.39 Å². The van der Waals surface area contributed by atoms with Crippen LogP contribution < -0.4 is 0 Å². The van der Waals surface area contributed by atoms with Crippen molar-refractivity contribution in [2.45, 2.75) is 53.4 Å². The zero-order chi connectivity index (χ0) is 16.8. The van der Waals surface area contributed by atoms with Gasteiger partial charge in [-0.25, -0.2) is 4.39 Å². The highest BCUT2D eigenvalue weighted by Crippen LogP contribution is 2.32. The molecule has 0 amide bonds. The number of hydrogen-bond donors (Lipinski definition) is 0. The Bertz CT molecular complexity index is 678. The molecule has 0 heterocycles. The van der Waals surface area contributed by atoms with Gasteiger partial charge in [0.2, 0.25) is 0 Å². The molecule has 0 aliphatic carbocycles. The second-order valence-corrected chi connectivity index (χ2v) is 6.08. The van der Waals surface area contributed by atoms with Crippen LogP contribution in [0.15, 0.2) is 48.0 Å². The Balaban J connectivity index is 2.53. The standard InChI is InChI=1S/C22H27F/c1-5-8-17(6-2)21(7-3)22-15-19(10-9-16(22)4)18-11-13-20(23)14-12-18/h9-15H,5-8H2,1-4H3/b21-17+. The fourth-order valence-electron chi connectivity index (χ4n) is 3.24. The van der Waals surface area contributed by atoms with Crippen LogP contribution >= 0.6 is 0 Å². The van der Waals surface area contributed by atoms with Gasteiger partial charge in [-0.2, -0.15) is 0 Å². The highest BCUT2D eigenvalue weighted by molar-refractivity contribution is 5.76. The molecular formula is C22H27F. The Hall–Kier alpha value is -1.89. The van der Waals surface area contributed by atoms with Gasteiger partial charge in [-0.3, -0.25) is 0 Å². The summed E-state index contributed by atoms with van der Waals surface area (Å²) >= 11 is 0. The number of aryl methyl sites for hydroxylation is 1. The first kappa shape index (κ1) is 17.5. The first-order chi connectivity index (χ1) is 11.1. The number of hydrogen-bond acceptors (Lipinski definition) is 0. The Labute approximate surface area is 140 Å². The molecule has 0 aliphatic rings. The zero-order valence-corrected chi connectivity index (χ0v) is 14.7. The number of allylic oxidation sites excluding steroid dienone is 2. The van der Waals surface area contributed by atoms with Gasteiger partial charge in [-0.05, 0) is 72.2 Å². The Morgan fingerprint density at radius 1 is 0.870 bits per heavy atom. The van der Waals surface area contributed by atoms with Crippen LogP contribution in [0.25, 0.3) is 16.7 Å². The van der Waals surface area contributed by atoms with Crippen LogP contribution in [0.2, 0.25) is 0 Å². The molecule has 0 bridgehead atoms. The van der Waals surface area contributed by atoms with E-state index in [-0.39, 0.29) is 5.82 Å². The van der Waals surface area contributed by atoms with Crippen molar-refractivity contribution in [1.82, 2.24) is 0 Å². The third-order valence-corrected chi connectivity index (χ3v) is 4.50. The lowest BCUT2D eigenvalue weighted by Gasteiger charge is -2.17. The fraction of sp³-hybridized carbons (Fsp3) is 0.364. The van der Waals surface area contributed by atoms with E-state index in [1.54, 1.807) is 5.57 Å². The van der Waals surface area contributed by atoms with Gasteiger partial charge in [0.15, 0.2) is 0 Å². The second-order valence-electron chi connectivity index (χ2n) is 6.08. The molecular weight excluding hydrogens is 283 g/mol. The summed E-state index contributed by atoms with van der Waals surface area (Å²) in [4.78, 5) is 0. The van der Waals surface area contributed by atoms with E-state index < -0.39 is 0 Å². The molecule has 0 N–H and O–H groups in total. The van der Waals surface area contributed by atoms with Crippen LogP contribution in [-0.4, -0.2) is 0 Å². The number of rotatable bonds is 6. The molecule has 0 unspecified atom stereocenters. The maximum Gasteiger partial charge on any atom is 0.123 e. The van der Waals surface area contributed by atoms with E-state index in [9.17, 15) is 4.39 Å². The van der Waals surface area contributed by atoms with E-state index in [1.807, 2.05) is 12.1 Å². The van der Waals surface area contributed by atoms with Crippen LogP contribution in [0.1, 0.15) is 57.6 Å². The lowest BCUT2D eigenvalue weighted by Crippen LogP contribution is -1.95. The average molecular weight is 310 g/mol. The van der Waals surface area contributed by atoms with Crippen molar-refractivity contribution in [3.05, 3.63) is 65.0 Å². The largest absolute Gasteiger partial charge is 0.207 e. The molecule has 23 heavy (non-hydrogen) atoms. The smallest absolute Gasteiger partial charge is 0.123 e. The van der Waals surface area contributed by atoms with Crippen molar-refractivity contribution in [2.24, 2.45) is 0 Å². The van der Waals surface area contributed by atoms with Gasteiger partial charge < -0.3 is 0 Å².